The van der Waals surface area contributed by atoms with E-state index in [1.807, 2.05) is 0 Å². The molecule has 3 saturated carbocycles. The molecule has 2 heteroatoms. The van der Waals surface area contributed by atoms with Crippen LogP contribution in [-0.2, 0) is 4.79 Å². The van der Waals surface area contributed by atoms with Gasteiger partial charge in [0.05, 0.1) is 6.10 Å². The maximum Gasteiger partial charge on any atom is 0.120 e. The zero-order chi connectivity index (χ0) is 18.5. The summed E-state index contributed by atoms with van der Waals surface area (Å²) in [5.41, 5.74) is 2.42. The van der Waals surface area contributed by atoms with Gasteiger partial charge < -0.3 is 9.90 Å². The molecule has 4 aliphatic carbocycles. The fraction of sp³-hybridized carbons (Fsp3) is 0.875. The van der Waals surface area contributed by atoms with Gasteiger partial charge in [-0.05, 0) is 98.2 Å². The lowest BCUT2D eigenvalue weighted by molar-refractivity contribution is -0.108. The number of carbonyl (C=O) groups is 1. The Kier molecular flexibility index (Phi) is 4.87. The zero-order valence-electron chi connectivity index (χ0n) is 17.0. The molecule has 0 aromatic carbocycles. The molecule has 146 valence electrons. The van der Waals surface area contributed by atoms with E-state index in [0.717, 1.165) is 55.6 Å². The molecule has 0 heterocycles. The highest BCUT2D eigenvalue weighted by molar-refractivity contribution is 5.49. The Morgan fingerprint density at radius 1 is 1.19 bits per heavy atom. The van der Waals surface area contributed by atoms with Gasteiger partial charge in [0.1, 0.15) is 6.29 Å². The van der Waals surface area contributed by atoms with E-state index in [9.17, 15) is 9.90 Å². The normalized spacial score (nSPS) is 48.8. The smallest absolute Gasteiger partial charge is 0.120 e. The Labute approximate surface area is 159 Å². The van der Waals surface area contributed by atoms with E-state index in [1.54, 1.807) is 5.57 Å². The van der Waals surface area contributed by atoms with Crippen LogP contribution in [0.5, 0.6) is 0 Å². The highest BCUT2D eigenvalue weighted by Gasteiger charge is 2.58. The SMILES string of the molecule is C[C@H](CCC=O)[C@H]1CC[C@H]2[C@@H]3CC=C4C[C@@H](O)CC[C@]4(C)[C@H]3CC[C@]12C. The summed E-state index contributed by atoms with van der Waals surface area (Å²) in [6, 6.07) is 0. The summed E-state index contributed by atoms with van der Waals surface area (Å²) < 4.78 is 0. The molecular formula is C24H38O2. The van der Waals surface area contributed by atoms with Crippen molar-refractivity contribution in [3.8, 4) is 0 Å². The molecule has 0 amide bonds. The lowest BCUT2D eigenvalue weighted by Gasteiger charge is -2.58. The van der Waals surface area contributed by atoms with Crippen molar-refractivity contribution >= 4 is 6.29 Å². The molecule has 0 bridgehead atoms. The van der Waals surface area contributed by atoms with Crippen LogP contribution in [0.1, 0.15) is 85.0 Å². The first-order valence-electron chi connectivity index (χ1n) is 11.2. The van der Waals surface area contributed by atoms with E-state index in [0.29, 0.717) is 16.7 Å². The number of aldehydes is 1. The van der Waals surface area contributed by atoms with Crippen molar-refractivity contribution in [1.29, 1.82) is 0 Å². The van der Waals surface area contributed by atoms with Gasteiger partial charge in [-0.3, -0.25) is 0 Å². The van der Waals surface area contributed by atoms with Crippen molar-refractivity contribution in [3.05, 3.63) is 11.6 Å². The second-order valence-corrected chi connectivity index (χ2v) is 10.6. The maximum absolute atomic E-state index is 10.8. The number of aliphatic hydroxyl groups is 1. The van der Waals surface area contributed by atoms with Gasteiger partial charge in [-0.1, -0.05) is 32.4 Å². The molecule has 26 heavy (non-hydrogen) atoms. The Bertz CT molecular complexity index is 581. The van der Waals surface area contributed by atoms with Crippen molar-refractivity contribution < 1.29 is 9.90 Å². The summed E-state index contributed by atoms with van der Waals surface area (Å²) >= 11 is 0. The van der Waals surface area contributed by atoms with E-state index < -0.39 is 0 Å². The molecule has 3 fully saturated rings. The number of hydrogen-bond acceptors (Lipinski definition) is 2. The fourth-order valence-electron chi connectivity index (χ4n) is 8.15. The van der Waals surface area contributed by atoms with Crippen LogP contribution in [0, 0.1) is 40.4 Å². The second kappa shape index (κ2) is 6.76. The largest absolute Gasteiger partial charge is 0.393 e. The Hall–Kier alpha value is -0.630. The minimum absolute atomic E-state index is 0.103. The lowest BCUT2D eigenvalue weighted by atomic mass is 9.47. The van der Waals surface area contributed by atoms with Gasteiger partial charge in [-0.25, -0.2) is 0 Å². The summed E-state index contributed by atoms with van der Waals surface area (Å²) in [5.74, 6) is 4.03. The molecule has 0 saturated heterocycles. The number of fused-ring (bicyclic) bond motifs is 5. The topological polar surface area (TPSA) is 37.3 Å². The lowest BCUT2D eigenvalue weighted by Crippen LogP contribution is -2.50. The van der Waals surface area contributed by atoms with Gasteiger partial charge in [0, 0.05) is 6.42 Å². The van der Waals surface area contributed by atoms with Gasteiger partial charge in [-0.15, -0.1) is 0 Å². The van der Waals surface area contributed by atoms with Gasteiger partial charge >= 0.3 is 0 Å². The number of allylic oxidation sites excluding steroid dienone is 1. The number of carbonyl (C=O) groups excluding carboxylic acids is 1. The van der Waals surface area contributed by atoms with Crippen LogP contribution in [0.15, 0.2) is 11.6 Å². The van der Waals surface area contributed by atoms with Crippen molar-refractivity contribution in [2.75, 3.05) is 0 Å². The van der Waals surface area contributed by atoms with Gasteiger partial charge in [0.25, 0.3) is 0 Å². The van der Waals surface area contributed by atoms with Crippen molar-refractivity contribution in [2.24, 2.45) is 40.4 Å². The van der Waals surface area contributed by atoms with Crippen LogP contribution in [0.3, 0.4) is 0 Å². The fourth-order valence-corrected chi connectivity index (χ4v) is 8.15. The van der Waals surface area contributed by atoms with Crippen LogP contribution in [0.25, 0.3) is 0 Å². The quantitative estimate of drug-likeness (QED) is 0.529. The Balaban J connectivity index is 1.57. The summed E-state index contributed by atoms with van der Waals surface area (Å²) in [6.45, 7) is 7.51. The average molecular weight is 359 g/mol. The first-order chi connectivity index (χ1) is 12.4. The highest BCUT2D eigenvalue weighted by Crippen LogP contribution is 2.67. The summed E-state index contributed by atoms with van der Waals surface area (Å²) in [6.07, 6.45) is 15.2. The number of aliphatic hydroxyl groups excluding tert-OH is 1. The van der Waals surface area contributed by atoms with Crippen molar-refractivity contribution in [3.63, 3.8) is 0 Å². The number of rotatable bonds is 4. The minimum Gasteiger partial charge on any atom is -0.393 e. The third-order valence-electron chi connectivity index (χ3n) is 9.58. The average Bonchev–Trinajstić information content (AvgIpc) is 2.97. The predicted octanol–water partition coefficient (Wildman–Crippen LogP) is 5.54. The van der Waals surface area contributed by atoms with Crippen LogP contribution >= 0.6 is 0 Å². The molecule has 1 N–H and O–H groups in total. The highest BCUT2D eigenvalue weighted by atomic mass is 16.3. The molecule has 0 aromatic heterocycles. The molecule has 8 atom stereocenters. The maximum atomic E-state index is 10.8. The van der Waals surface area contributed by atoms with Crippen LogP contribution in [0.4, 0.5) is 0 Å². The van der Waals surface area contributed by atoms with Gasteiger partial charge in [-0.2, -0.15) is 0 Å². The summed E-state index contributed by atoms with van der Waals surface area (Å²) in [7, 11) is 0. The molecule has 0 spiro atoms. The molecule has 4 rings (SSSR count). The Morgan fingerprint density at radius 3 is 2.77 bits per heavy atom. The third-order valence-corrected chi connectivity index (χ3v) is 9.58. The second-order valence-electron chi connectivity index (χ2n) is 10.6. The first-order valence-corrected chi connectivity index (χ1v) is 11.2. The third kappa shape index (κ3) is 2.74. The van der Waals surface area contributed by atoms with E-state index in [4.69, 9.17) is 0 Å². The van der Waals surface area contributed by atoms with E-state index in [-0.39, 0.29) is 6.10 Å². The van der Waals surface area contributed by atoms with Crippen LogP contribution in [0.2, 0.25) is 0 Å². The molecule has 0 unspecified atom stereocenters. The monoisotopic (exact) mass is 358 g/mol. The van der Waals surface area contributed by atoms with Crippen LogP contribution in [-0.4, -0.2) is 17.5 Å². The van der Waals surface area contributed by atoms with E-state index >= 15 is 0 Å². The van der Waals surface area contributed by atoms with Gasteiger partial charge in [0.2, 0.25) is 0 Å². The molecular weight excluding hydrogens is 320 g/mol. The zero-order valence-corrected chi connectivity index (χ0v) is 17.0. The van der Waals surface area contributed by atoms with Gasteiger partial charge in [0.15, 0.2) is 0 Å². The van der Waals surface area contributed by atoms with Crippen molar-refractivity contribution in [2.45, 2.75) is 91.1 Å². The van der Waals surface area contributed by atoms with E-state index in [2.05, 4.69) is 26.8 Å². The molecule has 2 nitrogen and oxygen atoms in total. The summed E-state index contributed by atoms with van der Waals surface area (Å²) in [4.78, 5) is 10.8. The first kappa shape index (κ1) is 18.7. The predicted molar refractivity (Wildman–Crippen MR) is 106 cm³/mol. The number of hydrogen-bond donors (Lipinski definition) is 1. The van der Waals surface area contributed by atoms with Crippen molar-refractivity contribution in [1.82, 2.24) is 0 Å². The van der Waals surface area contributed by atoms with E-state index in [1.165, 1.54) is 38.5 Å². The molecule has 0 aliphatic heterocycles. The Morgan fingerprint density at radius 2 is 2.00 bits per heavy atom. The van der Waals surface area contributed by atoms with Crippen LogP contribution < -0.4 is 0 Å². The standard InChI is InChI=1S/C24H38O2/c1-16(5-4-14-25)20-8-9-21-19-7-6-17-15-18(26)10-12-23(17,2)22(19)11-13-24(20,21)3/h6,14,16,18-22,26H,4-5,7-13,15H2,1-3H3/t16-,18+,19+,20-,21+,22+,23+,24-/m1/s1. The molecule has 0 aromatic rings. The molecule has 0 radical (unpaired) electrons. The summed E-state index contributed by atoms with van der Waals surface area (Å²) in [5, 5.41) is 10.2. The molecule has 4 aliphatic rings. The minimum atomic E-state index is -0.103.